The number of nitrogens with zero attached hydrogens (tertiary/aromatic N) is 2. The highest BCUT2D eigenvalue weighted by Gasteiger charge is 2.42. The first kappa shape index (κ1) is 15.8. The van der Waals surface area contributed by atoms with Crippen molar-refractivity contribution < 1.29 is 14.7 Å². The van der Waals surface area contributed by atoms with E-state index >= 15 is 0 Å². The number of rotatable bonds is 2. The normalized spacial score (nSPS) is 22.4. The van der Waals surface area contributed by atoms with Crippen molar-refractivity contribution in [2.45, 2.75) is 39.5 Å². The summed E-state index contributed by atoms with van der Waals surface area (Å²) in [4.78, 5) is 30.2. The van der Waals surface area contributed by atoms with Crippen molar-refractivity contribution in [1.29, 1.82) is 0 Å². The smallest absolute Gasteiger partial charge is 0.323 e. The average molecular weight is 311 g/mol. The van der Waals surface area contributed by atoms with E-state index in [-0.39, 0.29) is 18.0 Å². The zero-order valence-corrected chi connectivity index (χ0v) is 13.6. The Hall–Kier alpha value is -1.63. The molecule has 0 aromatic carbocycles. The van der Waals surface area contributed by atoms with Crippen LogP contribution >= 0.6 is 11.3 Å². The maximum absolute atomic E-state index is 12.2. The van der Waals surface area contributed by atoms with E-state index < -0.39 is 11.4 Å². The van der Waals surface area contributed by atoms with Crippen LogP contribution in [0.3, 0.4) is 0 Å². The van der Waals surface area contributed by atoms with Gasteiger partial charge >= 0.3 is 12.0 Å². The number of hydrogen-bond acceptors (Lipinski definition) is 4. The molecule has 1 saturated heterocycles. The monoisotopic (exact) mass is 311 g/mol. The number of carboxylic acids is 1. The Kier molecular flexibility index (Phi) is 3.97. The molecule has 0 bridgehead atoms. The van der Waals surface area contributed by atoms with Crippen molar-refractivity contribution in [2.24, 2.45) is 5.41 Å². The molecule has 1 atom stereocenters. The molecule has 1 aromatic rings. The fourth-order valence-corrected chi connectivity index (χ4v) is 3.02. The molecular formula is C14H21N3O3S. The molecule has 1 unspecified atom stereocenters. The third-order valence-electron chi connectivity index (χ3n) is 3.74. The number of anilines is 1. The van der Waals surface area contributed by atoms with Crippen molar-refractivity contribution in [2.75, 3.05) is 18.4 Å². The second-order valence-corrected chi connectivity index (χ2v) is 7.78. The van der Waals surface area contributed by atoms with Gasteiger partial charge in [0.05, 0.1) is 5.41 Å². The van der Waals surface area contributed by atoms with Crippen LogP contribution in [-0.4, -0.2) is 40.1 Å². The van der Waals surface area contributed by atoms with Gasteiger partial charge in [0, 0.05) is 24.2 Å². The molecule has 2 amide bonds. The van der Waals surface area contributed by atoms with Gasteiger partial charge in [-0.2, -0.15) is 0 Å². The summed E-state index contributed by atoms with van der Waals surface area (Å²) in [7, 11) is 0. The van der Waals surface area contributed by atoms with Gasteiger partial charge in [0.2, 0.25) is 0 Å². The molecule has 7 heteroatoms. The van der Waals surface area contributed by atoms with Crippen LogP contribution in [0, 0.1) is 5.41 Å². The summed E-state index contributed by atoms with van der Waals surface area (Å²) in [5, 5.41) is 12.5. The van der Waals surface area contributed by atoms with Crippen LogP contribution in [0.2, 0.25) is 0 Å². The first-order chi connectivity index (χ1) is 9.62. The van der Waals surface area contributed by atoms with E-state index in [0.29, 0.717) is 18.1 Å². The lowest BCUT2D eigenvalue weighted by Crippen LogP contribution is -2.37. The molecule has 2 heterocycles. The van der Waals surface area contributed by atoms with Gasteiger partial charge in [-0.05, 0) is 18.8 Å². The number of carboxylic acid groups (broad SMARTS) is 1. The SMILES string of the molecule is CC1(C(=O)O)CCN(C(=O)Nc2ncc(C(C)(C)C)s2)C1. The molecule has 116 valence electrons. The fraction of sp³-hybridized carbons (Fsp3) is 0.643. The molecule has 0 aliphatic carbocycles. The average Bonchev–Trinajstić information content (AvgIpc) is 2.96. The molecule has 1 aromatic heterocycles. The van der Waals surface area contributed by atoms with Gasteiger partial charge in [-0.1, -0.05) is 20.8 Å². The second kappa shape index (κ2) is 5.29. The molecular weight excluding hydrogens is 290 g/mol. The Morgan fingerprint density at radius 2 is 2.14 bits per heavy atom. The largest absolute Gasteiger partial charge is 0.481 e. The number of carbonyl (C=O) groups is 2. The Labute approximate surface area is 128 Å². The third-order valence-corrected chi connectivity index (χ3v) is 5.07. The maximum Gasteiger partial charge on any atom is 0.323 e. The summed E-state index contributed by atoms with van der Waals surface area (Å²) >= 11 is 1.45. The topological polar surface area (TPSA) is 82.5 Å². The molecule has 0 spiro atoms. The van der Waals surface area contributed by atoms with Crippen molar-refractivity contribution in [3.63, 3.8) is 0 Å². The third kappa shape index (κ3) is 3.34. The summed E-state index contributed by atoms with van der Waals surface area (Å²) in [5.74, 6) is -0.859. The van der Waals surface area contributed by atoms with Crippen molar-refractivity contribution in [3.8, 4) is 0 Å². The molecule has 2 rings (SSSR count). The van der Waals surface area contributed by atoms with Gasteiger partial charge in [0.25, 0.3) is 0 Å². The van der Waals surface area contributed by atoms with Crippen molar-refractivity contribution in [1.82, 2.24) is 9.88 Å². The summed E-state index contributed by atoms with van der Waals surface area (Å²) < 4.78 is 0. The molecule has 1 aliphatic rings. The molecule has 0 saturated carbocycles. The van der Waals surface area contributed by atoms with Crippen molar-refractivity contribution >= 4 is 28.5 Å². The Morgan fingerprint density at radius 3 is 2.62 bits per heavy atom. The van der Waals surface area contributed by atoms with E-state index in [2.05, 4.69) is 31.1 Å². The van der Waals surface area contributed by atoms with Gasteiger partial charge in [0.1, 0.15) is 0 Å². The minimum atomic E-state index is -0.859. The molecule has 6 nitrogen and oxygen atoms in total. The number of likely N-dealkylation sites (tertiary alicyclic amines) is 1. The lowest BCUT2D eigenvalue weighted by molar-refractivity contribution is -0.146. The van der Waals surface area contributed by atoms with Crippen LogP contribution in [-0.2, 0) is 10.2 Å². The minimum Gasteiger partial charge on any atom is -0.481 e. The highest BCUT2D eigenvalue weighted by molar-refractivity contribution is 7.15. The quantitative estimate of drug-likeness (QED) is 0.880. The zero-order valence-electron chi connectivity index (χ0n) is 12.8. The van der Waals surface area contributed by atoms with E-state index in [0.717, 1.165) is 4.88 Å². The molecule has 0 radical (unpaired) electrons. The summed E-state index contributed by atoms with van der Waals surface area (Å²) in [6, 6.07) is -0.283. The highest BCUT2D eigenvalue weighted by Crippen LogP contribution is 2.32. The van der Waals surface area contributed by atoms with E-state index in [1.54, 1.807) is 13.1 Å². The van der Waals surface area contributed by atoms with Gasteiger partial charge < -0.3 is 10.0 Å². The van der Waals surface area contributed by atoms with Gasteiger partial charge in [-0.15, -0.1) is 11.3 Å². The zero-order chi connectivity index (χ0) is 15.8. The van der Waals surface area contributed by atoms with Crippen molar-refractivity contribution in [3.05, 3.63) is 11.1 Å². The molecule has 21 heavy (non-hydrogen) atoms. The summed E-state index contributed by atoms with van der Waals surface area (Å²) in [6.07, 6.45) is 2.24. The number of thiazole rings is 1. The second-order valence-electron chi connectivity index (χ2n) is 6.75. The van der Waals surface area contributed by atoms with E-state index in [1.165, 1.54) is 16.2 Å². The number of aromatic nitrogens is 1. The Bertz CT molecular complexity index is 564. The predicted octanol–water partition coefficient (Wildman–Crippen LogP) is 2.77. The predicted molar refractivity (Wildman–Crippen MR) is 81.8 cm³/mol. The molecule has 1 fully saturated rings. The van der Waals surface area contributed by atoms with Gasteiger partial charge in [-0.3, -0.25) is 10.1 Å². The summed E-state index contributed by atoms with van der Waals surface area (Å²) in [5.41, 5.74) is -0.854. The summed E-state index contributed by atoms with van der Waals surface area (Å²) in [6.45, 7) is 8.61. The number of urea groups is 1. The Morgan fingerprint density at radius 1 is 1.48 bits per heavy atom. The fourth-order valence-electron chi connectivity index (χ4n) is 2.16. The lowest BCUT2D eigenvalue weighted by atomic mass is 9.90. The first-order valence-corrected chi connectivity index (χ1v) is 7.69. The molecule has 1 aliphatic heterocycles. The van der Waals surface area contributed by atoms with Gasteiger partial charge in [-0.25, -0.2) is 9.78 Å². The van der Waals surface area contributed by atoms with E-state index in [9.17, 15) is 14.7 Å². The molecule has 2 N–H and O–H groups in total. The Balaban J connectivity index is 2.00. The number of nitrogens with one attached hydrogen (secondary N) is 1. The maximum atomic E-state index is 12.2. The van der Waals surface area contributed by atoms with E-state index in [4.69, 9.17) is 0 Å². The number of amides is 2. The van der Waals surface area contributed by atoms with E-state index in [1.807, 2.05) is 0 Å². The van der Waals surface area contributed by atoms with Crippen LogP contribution in [0.1, 0.15) is 39.0 Å². The van der Waals surface area contributed by atoms with Crippen LogP contribution in [0.15, 0.2) is 6.20 Å². The van der Waals surface area contributed by atoms with Crippen LogP contribution < -0.4 is 5.32 Å². The van der Waals surface area contributed by atoms with Crippen LogP contribution in [0.25, 0.3) is 0 Å². The number of carbonyl (C=O) groups excluding carboxylic acids is 1. The minimum absolute atomic E-state index is 0.00380. The highest BCUT2D eigenvalue weighted by atomic mass is 32.1. The standard InChI is InChI=1S/C14H21N3O3S/c1-13(2,3)9-7-15-11(21-9)16-12(20)17-6-5-14(4,8-17)10(18)19/h7H,5-6,8H2,1-4H3,(H,18,19)(H,15,16,20). The first-order valence-electron chi connectivity index (χ1n) is 6.87. The number of aliphatic carboxylic acids is 1. The lowest BCUT2D eigenvalue weighted by Gasteiger charge is -2.20. The van der Waals surface area contributed by atoms with Gasteiger partial charge in [0.15, 0.2) is 5.13 Å². The number of hydrogen-bond donors (Lipinski definition) is 2. The van der Waals surface area contributed by atoms with Crippen LogP contribution in [0.5, 0.6) is 0 Å². The van der Waals surface area contributed by atoms with Crippen LogP contribution in [0.4, 0.5) is 9.93 Å².